The van der Waals surface area contributed by atoms with Gasteiger partial charge in [-0.15, -0.1) is 24.8 Å². The van der Waals surface area contributed by atoms with Crippen LogP contribution in [-0.2, 0) is 26.1 Å². The van der Waals surface area contributed by atoms with E-state index in [-0.39, 0.29) is 32.3 Å². The summed E-state index contributed by atoms with van der Waals surface area (Å²) in [6.45, 7) is 0. The van der Waals surface area contributed by atoms with Crippen LogP contribution in [0.25, 0.3) is 6.08 Å². The zero-order valence-electron chi connectivity index (χ0n) is 12.0. The number of allylic oxidation sites excluding steroid dienone is 5. The molecule has 0 aliphatic heterocycles. The molecule has 0 N–H and O–H groups in total. The van der Waals surface area contributed by atoms with Gasteiger partial charge in [0.2, 0.25) is 0 Å². The fraction of sp³-hybridized carbons (Fsp3) is 0.111. The third-order valence-electron chi connectivity index (χ3n) is 4.01. The summed E-state index contributed by atoms with van der Waals surface area (Å²) in [4.78, 5) is 0. The predicted molar refractivity (Wildman–Crippen MR) is 98.0 cm³/mol. The van der Waals surface area contributed by atoms with Crippen molar-refractivity contribution in [2.75, 3.05) is 0 Å². The monoisotopic (exact) mass is 424 g/mol. The van der Waals surface area contributed by atoms with Gasteiger partial charge in [-0.05, 0) is 0 Å². The van der Waals surface area contributed by atoms with E-state index in [0.29, 0.717) is 2.86 Å². The fourth-order valence-electron chi connectivity index (χ4n) is 3.04. The zero-order chi connectivity index (χ0) is 13.4. The van der Waals surface area contributed by atoms with Gasteiger partial charge in [-0.3, -0.25) is 0 Å². The number of benzene rings is 1. The van der Waals surface area contributed by atoms with Crippen molar-refractivity contribution in [1.29, 1.82) is 0 Å². The summed E-state index contributed by atoms with van der Waals surface area (Å²) in [5.41, 5.74) is 3.03. The SMILES string of the molecule is C1=CC[C]([Zr][C]2(p3cccc3)C=Cc3ccccc32)=C1.Cl.Cl. The van der Waals surface area contributed by atoms with Crippen molar-refractivity contribution in [1.82, 2.24) is 0 Å². The van der Waals surface area contributed by atoms with Crippen LogP contribution in [-0.4, -0.2) is 0 Å². The second-order valence-corrected chi connectivity index (χ2v) is 12.5. The molecule has 2 aliphatic carbocycles. The van der Waals surface area contributed by atoms with Crippen LogP contribution in [0.2, 0.25) is 0 Å². The summed E-state index contributed by atoms with van der Waals surface area (Å²) in [5, 5.41) is 0. The Morgan fingerprint density at radius 3 is 2.50 bits per heavy atom. The predicted octanol–water partition coefficient (Wildman–Crippen LogP) is 6.17. The van der Waals surface area contributed by atoms with E-state index in [1.165, 1.54) is 12.0 Å². The van der Waals surface area contributed by atoms with E-state index in [9.17, 15) is 0 Å². The van der Waals surface area contributed by atoms with Crippen LogP contribution >= 0.6 is 32.3 Å². The molecule has 0 bridgehead atoms. The maximum atomic E-state index is 2.54. The molecule has 1 heterocycles. The minimum Gasteiger partial charge on any atom is -0.147 e. The summed E-state index contributed by atoms with van der Waals surface area (Å²) in [6.07, 6.45) is 13.0. The van der Waals surface area contributed by atoms with Gasteiger partial charge < -0.3 is 0 Å². The van der Waals surface area contributed by atoms with Crippen LogP contribution in [0.3, 0.4) is 0 Å². The normalized spacial score (nSPS) is 20.8. The van der Waals surface area contributed by atoms with Crippen molar-refractivity contribution in [3.63, 3.8) is 0 Å². The van der Waals surface area contributed by atoms with E-state index in [0.717, 1.165) is 0 Å². The molecular formula is C18H17Cl2PZr. The molecule has 0 saturated carbocycles. The Morgan fingerprint density at radius 2 is 1.77 bits per heavy atom. The van der Waals surface area contributed by atoms with Crippen molar-refractivity contribution in [3.05, 3.63) is 86.7 Å². The number of hydrogen-bond acceptors (Lipinski definition) is 0. The molecule has 0 fully saturated rings. The quantitative estimate of drug-likeness (QED) is 0.551. The van der Waals surface area contributed by atoms with Crippen molar-refractivity contribution >= 4 is 38.4 Å². The van der Waals surface area contributed by atoms with Crippen LogP contribution in [0.1, 0.15) is 17.5 Å². The van der Waals surface area contributed by atoms with Crippen LogP contribution in [0.15, 0.2) is 75.6 Å². The van der Waals surface area contributed by atoms with Gasteiger partial charge in [0.05, 0.1) is 0 Å². The van der Waals surface area contributed by atoms with E-state index in [1.54, 1.807) is 8.84 Å². The van der Waals surface area contributed by atoms with Crippen LogP contribution in [0.5, 0.6) is 0 Å². The molecule has 2 aliphatic rings. The van der Waals surface area contributed by atoms with E-state index in [2.05, 4.69) is 78.4 Å². The zero-order valence-corrected chi connectivity index (χ0v) is 17.0. The van der Waals surface area contributed by atoms with Gasteiger partial charge >= 0.3 is 133 Å². The summed E-state index contributed by atoms with van der Waals surface area (Å²) in [6, 6.07) is 13.5. The first-order valence-electron chi connectivity index (χ1n) is 6.95. The van der Waals surface area contributed by atoms with Gasteiger partial charge in [0, 0.05) is 0 Å². The minimum absolute atomic E-state index is 0. The largest absolute Gasteiger partial charge is 0.147 e. The Kier molecular flexibility index (Phi) is 6.15. The number of halogens is 2. The van der Waals surface area contributed by atoms with Crippen LogP contribution < -0.4 is 0 Å². The maximum Gasteiger partial charge on any atom is -0.147 e. The summed E-state index contributed by atoms with van der Waals surface area (Å²) < 4.78 is 2.07. The van der Waals surface area contributed by atoms with E-state index in [4.69, 9.17) is 0 Å². The first kappa shape index (κ1) is 18.0. The summed E-state index contributed by atoms with van der Waals surface area (Å²) in [7, 11) is -0.174. The van der Waals surface area contributed by atoms with Gasteiger partial charge in [0.25, 0.3) is 0 Å². The first-order valence-corrected chi connectivity index (χ1v) is 10.9. The molecule has 4 heteroatoms. The summed E-state index contributed by atoms with van der Waals surface area (Å²) in [5.74, 6) is 4.90. The number of hydrogen-bond donors (Lipinski definition) is 0. The third kappa shape index (κ3) is 3.02. The van der Waals surface area contributed by atoms with E-state index < -0.39 is 23.2 Å². The summed E-state index contributed by atoms with van der Waals surface area (Å²) >= 11 is -0.676. The molecule has 1 aromatic heterocycles. The molecule has 4 rings (SSSR count). The number of rotatable bonds is 3. The molecule has 1 unspecified atom stereocenters. The van der Waals surface area contributed by atoms with Crippen molar-refractivity contribution in [3.8, 4) is 0 Å². The second-order valence-electron chi connectivity index (χ2n) is 5.23. The van der Waals surface area contributed by atoms with Gasteiger partial charge in [0.1, 0.15) is 0 Å². The van der Waals surface area contributed by atoms with Gasteiger partial charge in [-0.1, -0.05) is 0 Å². The molecule has 112 valence electrons. The van der Waals surface area contributed by atoms with Crippen molar-refractivity contribution < 1.29 is 23.2 Å². The Labute approximate surface area is 156 Å². The Hall–Kier alpha value is -0.317. The average Bonchev–Trinajstić information content (AvgIpc) is 3.20. The molecule has 0 saturated heterocycles. The van der Waals surface area contributed by atoms with Gasteiger partial charge in [-0.25, -0.2) is 0 Å². The molecule has 0 spiro atoms. The molecule has 0 amide bonds. The topological polar surface area (TPSA) is 0 Å². The molecule has 22 heavy (non-hydrogen) atoms. The van der Waals surface area contributed by atoms with Crippen molar-refractivity contribution in [2.24, 2.45) is 0 Å². The van der Waals surface area contributed by atoms with Crippen LogP contribution in [0.4, 0.5) is 0 Å². The molecule has 0 nitrogen and oxygen atoms in total. The Balaban J connectivity index is 0.000000882. The average molecular weight is 426 g/mol. The molecule has 1 atom stereocenters. The van der Waals surface area contributed by atoms with Gasteiger partial charge in [-0.2, -0.15) is 0 Å². The fourth-order valence-corrected chi connectivity index (χ4v) is 11.4. The standard InChI is InChI=1S/C13H10P.C5H5.2ClH.Zr/c1-2-6-12-11(5-1)7-8-13(12)14-9-3-4-10-14;1-2-4-5-3-1;;;/h1-10H;1-3H,4H2;2*1H;. The van der Waals surface area contributed by atoms with Gasteiger partial charge in [0.15, 0.2) is 0 Å². The smallest absolute Gasteiger partial charge is 0.147 e. The Morgan fingerprint density at radius 1 is 1.00 bits per heavy atom. The molecular weight excluding hydrogens is 409 g/mol. The van der Waals surface area contributed by atoms with Crippen LogP contribution in [0, 0.1) is 0 Å². The number of fused-ring (bicyclic) bond motifs is 1. The second kappa shape index (κ2) is 7.50. The molecule has 0 radical (unpaired) electrons. The first-order chi connectivity index (χ1) is 9.88. The van der Waals surface area contributed by atoms with E-state index in [1.807, 2.05) is 0 Å². The van der Waals surface area contributed by atoms with E-state index >= 15 is 0 Å². The maximum absolute atomic E-state index is 2.54. The Bertz CT molecular complexity index is 731. The third-order valence-corrected chi connectivity index (χ3v) is 12.5. The minimum atomic E-state index is -0.676. The van der Waals surface area contributed by atoms with Crippen molar-refractivity contribution in [2.45, 2.75) is 9.28 Å². The molecule has 1 aromatic carbocycles. The molecule has 2 aromatic rings.